The molecule has 0 aliphatic carbocycles. The van der Waals surface area contributed by atoms with E-state index in [1.807, 2.05) is 0 Å². The summed E-state index contributed by atoms with van der Waals surface area (Å²) < 4.78 is 7.01. The van der Waals surface area contributed by atoms with E-state index in [1.165, 1.54) is 11.6 Å². The molecule has 3 unspecified atom stereocenters. The number of rotatable bonds is 3. The molecule has 1 aromatic rings. The van der Waals surface area contributed by atoms with E-state index in [0.717, 1.165) is 6.20 Å². The van der Waals surface area contributed by atoms with Gasteiger partial charge in [0.15, 0.2) is 0 Å². The zero-order valence-electron chi connectivity index (χ0n) is 11.8. The molecule has 1 aliphatic heterocycles. The van der Waals surface area contributed by atoms with Crippen molar-refractivity contribution in [1.29, 1.82) is 0 Å². The predicted molar refractivity (Wildman–Crippen MR) is 70.3 cm³/mol. The van der Waals surface area contributed by atoms with Gasteiger partial charge in [-0.05, 0) is 19.4 Å². The van der Waals surface area contributed by atoms with Crippen LogP contribution >= 0.6 is 0 Å². The van der Waals surface area contributed by atoms with E-state index in [0.29, 0.717) is 0 Å². The normalized spacial score (nSPS) is 29.0. The molecular formula is C11H14N6O4. The molecule has 3 atom stereocenters. The number of carbonyl (C=O) groups excluding carboxylic acids is 1. The molecule has 0 amide bonds. The minimum Gasteiger partial charge on any atom is -0.367 e. The standard InChI is InChI=1S/C11H14N6O4/c1-6-11(2,14-15-12)9(18)4-8(21-6)10-7(17(19)20)5-13-16(10)3/h5-6,8H,4H2,1-3H3. The molecule has 0 spiro atoms. The van der Waals surface area contributed by atoms with Crippen LogP contribution in [0.15, 0.2) is 11.3 Å². The summed E-state index contributed by atoms with van der Waals surface area (Å²) in [5.74, 6) is -0.320. The number of nitrogens with zero attached hydrogens (tertiary/aromatic N) is 6. The third-order valence-corrected chi connectivity index (χ3v) is 3.81. The van der Waals surface area contributed by atoms with Crippen molar-refractivity contribution >= 4 is 11.5 Å². The second kappa shape index (κ2) is 5.15. The lowest BCUT2D eigenvalue weighted by Gasteiger charge is -2.37. The molecule has 0 aromatic carbocycles. The average Bonchev–Trinajstić information content (AvgIpc) is 2.78. The first-order chi connectivity index (χ1) is 9.81. The molecule has 112 valence electrons. The zero-order chi connectivity index (χ0) is 15.8. The fraction of sp³-hybridized carbons (Fsp3) is 0.636. The van der Waals surface area contributed by atoms with Crippen LogP contribution in [-0.2, 0) is 16.6 Å². The molecule has 10 nitrogen and oxygen atoms in total. The molecule has 21 heavy (non-hydrogen) atoms. The summed E-state index contributed by atoms with van der Waals surface area (Å²) >= 11 is 0. The van der Waals surface area contributed by atoms with Gasteiger partial charge in [0.1, 0.15) is 29.3 Å². The monoisotopic (exact) mass is 294 g/mol. The number of nitro groups is 1. The SMILES string of the molecule is CC1OC(c2c([N+](=O)[O-])cnn2C)CC(=O)C1(C)N=[N+]=[N-]. The van der Waals surface area contributed by atoms with Crippen molar-refractivity contribution in [1.82, 2.24) is 9.78 Å². The predicted octanol–water partition coefficient (Wildman–Crippen LogP) is 1.82. The van der Waals surface area contributed by atoms with Crippen LogP contribution in [0.1, 0.15) is 32.1 Å². The summed E-state index contributed by atoms with van der Waals surface area (Å²) in [6.07, 6.45) is -0.480. The number of Topliss-reactive ketones (excluding diaryl/α,β-unsaturated/α-hetero) is 1. The number of ether oxygens (including phenoxy) is 1. The quantitative estimate of drug-likeness (QED) is 0.275. The molecule has 0 bridgehead atoms. The highest BCUT2D eigenvalue weighted by atomic mass is 16.6. The molecule has 1 saturated heterocycles. The third-order valence-electron chi connectivity index (χ3n) is 3.81. The van der Waals surface area contributed by atoms with Gasteiger partial charge in [0, 0.05) is 18.4 Å². The van der Waals surface area contributed by atoms with E-state index in [9.17, 15) is 14.9 Å². The number of hydrogen-bond acceptors (Lipinski definition) is 6. The summed E-state index contributed by atoms with van der Waals surface area (Å²) in [4.78, 5) is 25.4. The van der Waals surface area contributed by atoms with Gasteiger partial charge in [-0.2, -0.15) is 5.10 Å². The minimum atomic E-state index is -1.31. The Morgan fingerprint density at radius 2 is 2.38 bits per heavy atom. The van der Waals surface area contributed by atoms with Gasteiger partial charge in [-0.1, -0.05) is 5.11 Å². The van der Waals surface area contributed by atoms with Crippen LogP contribution in [0.2, 0.25) is 0 Å². The van der Waals surface area contributed by atoms with Crippen LogP contribution in [0.3, 0.4) is 0 Å². The first-order valence-electron chi connectivity index (χ1n) is 6.22. The lowest BCUT2D eigenvalue weighted by Crippen LogP contribution is -2.50. The van der Waals surface area contributed by atoms with E-state index in [-0.39, 0.29) is 23.6 Å². The van der Waals surface area contributed by atoms with Crippen molar-refractivity contribution in [3.63, 3.8) is 0 Å². The van der Waals surface area contributed by atoms with Gasteiger partial charge in [0.05, 0.1) is 11.0 Å². The molecule has 2 heterocycles. The molecular weight excluding hydrogens is 280 g/mol. The highest BCUT2D eigenvalue weighted by molar-refractivity contribution is 5.90. The number of aryl methyl sites for hydroxylation is 1. The van der Waals surface area contributed by atoms with E-state index in [1.54, 1.807) is 14.0 Å². The second-order valence-electron chi connectivity index (χ2n) is 5.03. The molecule has 1 fully saturated rings. The third kappa shape index (κ3) is 2.34. The molecule has 0 saturated carbocycles. The maximum absolute atomic E-state index is 12.3. The first-order valence-corrected chi connectivity index (χ1v) is 6.22. The summed E-state index contributed by atoms with van der Waals surface area (Å²) in [6, 6.07) is 0. The second-order valence-corrected chi connectivity index (χ2v) is 5.03. The summed E-state index contributed by atoms with van der Waals surface area (Å²) in [5.41, 5.74) is 7.30. The van der Waals surface area contributed by atoms with Crippen molar-refractivity contribution in [2.24, 2.45) is 12.2 Å². The van der Waals surface area contributed by atoms with Crippen molar-refractivity contribution in [2.75, 3.05) is 0 Å². The molecule has 1 aromatic heterocycles. The van der Waals surface area contributed by atoms with E-state index in [2.05, 4.69) is 15.1 Å². The Morgan fingerprint density at radius 1 is 1.71 bits per heavy atom. The smallest absolute Gasteiger partial charge is 0.312 e. The summed E-state index contributed by atoms with van der Waals surface area (Å²) in [6.45, 7) is 3.09. The maximum Gasteiger partial charge on any atom is 0.312 e. The Kier molecular flexibility index (Phi) is 3.67. The number of hydrogen-bond donors (Lipinski definition) is 0. The molecule has 2 rings (SSSR count). The van der Waals surface area contributed by atoms with Crippen LogP contribution < -0.4 is 0 Å². The van der Waals surface area contributed by atoms with Gasteiger partial charge in [0.25, 0.3) is 0 Å². The molecule has 10 heteroatoms. The van der Waals surface area contributed by atoms with Crippen LogP contribution in [0.4, 0.5) is 5.69 Å². The highest BCUT2D eigenvalue weighted by Gasteiger charge is 2.47. The first kappa shape index (κ1) is 14.9. The number of ketones is 1. The Labute approximate surface area is 119 Å². The van der Waals surface area contributed by atoms with E-state index < -0.39 is 22.7 Å². The van der Waals surface area contributed by atoms with Gasteiger partial charge < -0.3 is 4.74 Å². The maximum atomic E-state index is 12.3. The Bertz CT molecular complexity index is 649. The van der Waals surface area contributed by atoms with Crippen LogP contribution in [0.25, 0.3) is 10.4 Å². The Balaban J connectivity index is 2.39. The van der Waals surface area contributed by atoms with Crippen LogP contribution in [-0.4, -0.2) is 32.1 Å². The highest BCUT2D eigenvalue weighted by Crippen LogP contribution is 2.39. The van der Waals surface area contributed by atoms with Crippen molar-refractivity contribution in [2.45, 2.75) is 38.0 Å². The van der Waals surface area contributed by atoms with Gasteiger partial charge in [0.2, 0.25) is 0 Å². The molecule has 0 N–H and O–H groups in total. The van der Waals surface area contributed by atoms with Gasteiger partial charge in [-0.15, -0.1) is 0 Å². The van der Waals surface area contributed by atoms with Crippen molar-refractivity contribution < 1.29 is 14.5 Å². The fourth-order valence-electron chi connectivity index (χ4n) is 2.37. The zero-order valence-corrected chi connectivity index (χ0v) is 11.8. The van der Waals surface area contributed by atoms with Crippen LogP contribution in [0.5, 0.6) is 0 Å². The lowest BCUT2D eigenvalue weighted by atomic mass is 9.84. The van der Waals surface area contributed by atoms with E-state index >= 15 is 0 Å². The van der Waals surface area contributed by atoms with Crippen molar-refractivity contribution in [3.05, 3.63) is 32.4 Å². The van der Waals surface area contributed by atoms with Crippen LogP contribution in [0, 0.1) is 10.1 Å². The topological polar surface area (TPSA) is 136 Å². The lowest BCUT2D eigenvalue weighted by molar-refractivity contribution is -0.386. The number of carbonyl (C=O) groups is 1. The van der Waals surface area contributed by atoms with Crippen molar-refractivity contribution in [3.8, 4) is 0 Å². The molecule has 0 radical (unpaired) electrons. The summed E-state index contributed by atoms with van der Waals surface area (Å²) in [5, 5.41) is 18.4. The number of azide groups is 1. The summed E-state index contributed by atoms with van der Waals surface area (Å²) in [7, 11) is 1.54. The van der Waals surface area contributed by atoms with Gasteiger partial charge >= 0.3 is 5.69 Å². The fourth-order valence-corrected chi connectivity index (χ4v) is 2.37. The molecule has 1 aliphatic rings. The van der Waals surface area contributed by atoms with E-state index in [4.69, 9.17) is 10.3 Å². The largest absolute Gasteiger partial charge is 0.367 e. The van der Waals surface area contributed by atoms with Gasteiger partial charge in [-0.25, -0.2) is 0 Å². The minimum absolute atomic E-state index is 0.111. The average molecular weight is 294 g/mol. The Hall–Kier alpha value is -2.45. The Morgan fingerprint density at radius 3 is 2.90 bits per heavy atom. The van der Waals surface area contributed by atoms with Gasteiger partial charge in [-0.3, -0.25) is 19.6 Å². The number of aromatic nitrogens is 2.